The Morgan fingerprint density at radius 3 is 2.47 bits per heavy atom. The predicted molar refractivity (Wildman–Crippen MR) is 141 cm³/mol. The van der Waals surface area contributed by atoms with Crippen LogP contribution in [0.2, 0.25) is 5.02 Å². The molecule has 4 heterocycles. The van der Waals surface area contributed by atoms with Crippen LogP contribution in [0, 0.1) is 5.92 Å². The van der Waals surface area contributed by atoms with E-state index in [1.165, 1.54) is 6.20 Å². The van der Waals surface area contributed by atoms with E-state index in [-0.39, 0.29) is 17.6 Å². The van der Waals surface area contributed by atoms with Gasteiger partial charge in [-0.25, -0.2) is 9.97 Å². The van der Waals surface area contributed by atoms with Crippen molar-refractivity contribution in [3.63, 3.8) is 0 Å². The lowest BCUT2D eigenvalue weighted by Gasteiger charge is -2.31. The molecule has 0 atom stereocenters. The van der Waals surface area contributed by atoms with Gasteiger partial charge in [-0.2, -0.15) is 0 Å². The van der Waals surface area contributed by atoms with Crippen LogP contribution < -0.4 is 15.5 Å². The second-order valence-electron chi connectivity index (χ2n) is 9.79. The van der Waals surface area contributed by atoms with Gasteiger partial charge in [0, 0.05) is 31.2 Å². The number of nitrogens with zero attached hydrogens (tertiary/aromatic N) is 4. The summed E-state index contributed by atoms with van der Waals surface area (Å²) in [5, 5.41) is 6.21. The highest BCUT2D eigenvalue weighted by atomic mass is 35.5. The molecule has 0 aromatic carbocycles. The molecule has 5 rings (SSSR count). The topological polar surface area (TPSA) is 104 Å². The minimum Gasteiger partial charge on any atom is -0.447 e. The van der Waals surface area contributed by atoms with Gasteiger partial charge in [0.1, 0.15) is 22.8 Å². The Balaban J connectivity index is 1.44. The Morgan fingerprint density at radius 1 is 1.06 bits per heavy atom. The molecule has 0 radical (unpaired) electrons. The van der Waals surface area contributed by atoms with Gasteiger partial charge in [-0.15, -0.1) is 0 Å². The molecule has 1 aliphatic carbocycles. The number of carbonyl (C=O) groups is 2. The van der Waals surface area contributed by atoms with Gasteiger partial charge in [0.25, 0.3) is 5.91 Å². The summed E-state index contributed by atoms with van der Waals surface area (Å²) < 4.78 is 5.94. The largest absolute Gasteiger partial charge is 0.447 e. The zero-order valence-corrected chi connectivity index (χ0v) is 21.3. The first-order valence-electron chi connectivity index (χ1n) is 12.5. The molecule has 1 saturated carbocycles. The smallest absolute Gasteiger partial charge is 0.294 e. The van der Waals surface area contributed by atoms with Crippen molar-refractivity contribution < 1.29 is 14.0 Å². The van der Waals surface area contributed by atoms with Crippen LogP contribution in [0.3, 0.4) is 0 Å². The van der Waals surface area contributed by atoms with Crippen molar-refractivity contribution in [2.24, 2.45) is 5.92 Å². The molecule has 1 aliphatic heterocycles. The summed E-state index contributed by atoms with van der Waals surface area (Å²) in [5.41, 5.74) is 1.22. The van der Waals surface area contributed by atoms with Crippen molar-refractivity contribution in [1.29, 1.82) is 0 Å². The van der Waals surface area contributed by atoms with E-state index in [4.69, 9.17) is 21.0 Å². The average molecular weight is 511 g/mol. The Hall–Kier alpha value is -3.17. The Labute approximate surface area is 215 Å². The summed E-state index contributed by atoms with van der Waals surface area (Å²) in [6.07, 6.45) is 7.21. The maximum Gasteiger partial charge on any atom is 0.294 e. The summed E-state index contributed by atoms with van der Waals surface area (Å²) in [7, 11) is 4.15. The van der Waals surface area contributed by atoms with Gasteiger partial charge in [0.15, 0.2) is 5.58 Å². The number of aromatic nitrogens is 2. The first-order valence-corrected chi connectivity index (χ1v) is 12.9. The summed E-state index contributed by atoms with van der Waals surface area (Å²) >= 11 is 5.91. The van der Waals surface area contributed by atoms with Crippen molar-refractivity contribution >= 4 is 51.8 Å². The maximum absolute atomic E-state index is 13.3. The molecule has 10 heteroatoms. The Bertz CT molecular complexity index is 1240. The number of hydrogen-bond donors (Lipinski definition) is 2. The predicted octanol–water partition coefficient (Wildman–Crippen LogP) is 4.79. The molecule has 3 aromatic heterocycles. The van der Waals surface area contributed by atoms with Crippen LogP contribution >= 0.6 is 11.6 Å². The van der Waals surface area contributed by atoms with E-state index < -0.39 is 5.91 Å². The number of hydrogen-bond acceptors (Lipinski definition) is 7. The minimum atomic E-state index is -0.517. The Kier molecular flexibility index (Phi) is 7.11. The van der Waals surface area contributed by atoms with Gasteiger partial charge >= 0.3 is 0 Å². The van der Waals surface area contributed by atoms with Crippen LogP contribution in [0.25, 0.3) is 11.1 Å². The fourth-order valence-corrected chi connectivity index (χ4v) is 5.18. The molecule has 3 aromatic rings. The van der Waals surface area contributed by atoms with E-state index in [1.807, 2.05) is 12.1 Å². The normalized spacial score (nSPS) is 20.2. The lowest BCUT2D eigenvalue weighted by Crippen LogP contribution is -2.35. The minimum absolute atomic E-state index is 0.00292. The van der Waals surface area contributed by atoms with E-state index >= 15 is 0 Å². The van der Waals surface area contributed by atoms with Crippen molar-refractivity contribution in [3.05, 3.63) is 41.2 Å². The lowest BCUT2D eigenvalue weighted by atomic mass is 9.85. The summed E-state index contributed by atoms with van der Waals surface area (Å²) in [5.74, 6) is 0.396. The standard InChI is InChI=1S/C26H31ClN6O3/c1-32(2)18-8-5-16(6-9-18)25(34)31-23-22-19(10-12-21(30-22)33-13-3-4-14-33)36-24(23)26(35)29-20-11-7-17(27)15-28-20/h7,10-12,15-16,18H,3-6,8-9,13-14H2,1-2H3,(H,31,34)(H,28,29,35). The molecule has 9 nitrogen and oxygen atoms in total. The molecule has 1 saturated heterocycles. The SMILES string of the molecule is CN(C)C1CCC(C(=O)Nc2c(C(=O)Nc3ccc(Cl)cn3)oc3ccc(N4CCCC4)nc23)CC1. The molecule has 0 spiro atoms. The summed E-state index contributed by atoms with van der Waals surface area (Å²) in [6, 6.07) is 7.44. The maximum atomic E-state index is 13.3. The van der Waals surface area contributed by atoms with Crippen molar-refractivity contribution in [1.82, 2.24) is 14.9 Å². The van der Waals surface area contributed by atoms with E-state index in [2.05, 4.69) is 39.5 Å². The van der Waals surface area contributed by atoms with E-state index in [1.54, 1.807) is 12.1 Å². The molecule has 2 amide bonds. The molecule has 36 heavy (non-hydrogen) atoms. The third kappa shape index (κ3) is 5.17. The fraction of sp³-hybridized carbons (Fsp3) is 0.462. The van der Waals surface area contributed by atoms with Gasteiger partial charge in [-0.3, -0.25) is 9.59 Å². The second-order valence-corrected chi connectivity index (χ2v) is 10.2. The van der Waals surface area contributed by atoms with Crippen LogP contribution in [0.15, 0.2) is 34.9 Å². The number of rotatable bonds is 6. The average Bonchev–Trinajstić information content (AvgIpc) is 3.54. The van der Waals surface area contributed by atoms with Crippen molar-refractivity contribution in [2.45, 2.75) is 44.6 Å². The quantitative estimate of drug-likeness (QED) is 0.491. The zero-order valence-electron chi connectivity index (χ0n) is 20.6. The number of anilines is 3. The van der Waals surface area contributed by atoms with Crippen LogP contribution in [-0.4, -0.2) is 59.9 Å². The number of amides is 2. The summed E-state index contributed by atoms with van der Waals surface area (Å²) in [4.78, 5) is 39.9. The lowest BCUT2D eigenvalue weighted by molar-refractivity contribution is -0.121. The first kappa shape index (κ1) is 24.5. The zero-order chi connectivity index (χ0) is 25.2. The van der Waals surface area contributed by atoms with Crippen LogP contribution in [0.4, 0.5) is 17.3 Å². The number of furan rings is 1. The van der Waals surface area contributed by atoms with Crippen LogP contribution in [0.5, 0.6) is 0 Å². The molecule has 0 bridgehead atoms. The molecule has 2 N–H and O–H groups in total. The third-order valence-corrected chi connectivity index (χ3v) is 7.39. The highest BCUT2D eigenvalue weighted by Gasteiger charge is 2.30. The first-order chi connectivity index (χ1) is 17.4. The Morgan fingerprint density at radius 2 is 1.81 bits per heavy atom. The van der Waals surface area contributed by atoms with Gasteiger partial charge in [-0.1, -0.05) is 11.6 Å². The number of halogens is 1. The second kappa shape index (κ2) is 10.4. The molecule has 2 aliphatic rings. The highest BCUT2D eigenvalue weighted by Crippen LogP contribution is 2.34. The van der Waals surface area contributed by atoms with E-state index in [0.717, 1.165) is 57.4 Å². The van der Waals surface area contributed by atoms with Gasteiger partial charge in [-0.05, 0) is 76.9 Å². The molecule has 0 unspecified atom stereocenters. The number of fused-ring (bicyclic) bond motifs is 1. The third-order valence-electron chi connectivity index (χ3n) is 7.17. The summed E-state index contributed by atoms with van der Waals surface area (Å²) in [6.45, 7) is 1.87. The van der Waals surface area contributed by atoms with Crippen molar-refractivity contribution in [2.75, 3.05) is 42.7 Å². The fourth-order valence-electron chi connectivity index (χ4n) is 5.07. The molecule has 190 valence electrons. The van der Waals surface area contributed by atoms with Gasteiger partial charge < -0.3 is 24.9 Å². The van der Waals surface area contributed by atoms with Crippen LogP contribution in [0.1, 0.15) is 49.1 Å². The van der Waals surface area contributed by atoms with Crippen molar-refractivity contribution in [3.8, 4) is 0 Å². The molecular weight excluding hydrogens is 480 g/mol. The van der Waals surface area contributed by atoms with Gasteiger partial charge in [0.05, 0.1) is 5.02 Å². The van der Waals surface area contributed by atoms with E-state index in [9.17, 15) is 9.59 Å². The van der Waals surface area contributed by atoms with E-state index in [0.29, 0.717) is 33.7 Å². The van der Waals surface area contributed by atoms with Crippen LogP contribution in [-0.2, 0) is 4.79 Å². The number of pyridine rings is 2. The molecule has 2 fully saturated rings. The monoisotopic (exact) mass is 510 g/mol. The van der Waals surface area contributed by atoms with Gasteiger partial charge in [0.2, 0.25) is 11.7 Å². The highest BCUT2D eigenvalue weighted by molar-refractivity contribution is 6.30. The number of nitrogens with one attached hydrogen (secondary N) is 2. The molecular formula is C26H31ClN6O3. The number of carbonyl (C=O) groups excluding carboxylic acids is 2.